The van der Waals surface area contributed by atoms with Gasteiger partial charge in [-0.15, -0.1) is 0 Å². The first kappa shape index (κ1) is 31.4. The van der Waals surface area contributed by atoms with Gasteiger partial charge in [-0.1, -0.05) is 18.5 Å². The summed E-state index contributed by atoms with van der Waals surface area (Å²) in [5.74, 6) is -1.24. The van der Waals surface area contributed by atoms with Crippen LogP contribution in [-0.2, 0) is 16.0 Å². The first-order chi connectivity index (χ1) is 20.2. The molecule has 4 rings (SSSR count). The maximum Gasteiger partial charge on any atom is 0.337 e. The smallest absolute Gasteiger partial charge is 0.337 e. The molecule has 0 unspecified atom stereocenters. The number of halogens is 1. The number of hydrogen-bond acceptors (Lipinski definition) is 9. The number of likely N-dealkylation sites (tertiary alicyclic amines) is 1. The Morgan fingerprint density at radius 3 is 2.52 bits per heavy atom. The highest BCUT2D eigenvalue weighted by molar-refractivity contribution is 6.33. The lowest BCUT2D eigenvalue weighted by atomic mass is 10.00. The van der Waals surface area contributed by atoms with Crippen molar-refractivity contribution in [3.05, 3.63) is 46.0 Å². The molecule has 0 radical (unpaired) electrons. The number of anilines is 3. The van der Waals surface area contributed by atoms with Gasteiger partial charge in [0.2, 0.25) is 5.91 Å². The lowest BCUT2D eigenvalue weighted by molar-refractivity contribution is -0.118. The number of piperazine rings is 1. The second-order valence-corrected chi connectivity index (χ2v) is 10.8. The van der Waals surface area contributed by atoms with Crippen LogP contribution in [0.1, 0.15) is 39.6 Å². The standard InChI is InChI=1S/C29H39ClN6O6/c1-4-17-22(6-5-18(29(39)40)27(17)36-11-8-32-9-12-36)33-26(37)16-35-10-7-23(25(15-35)42-3)34-28(38)19-13-20(30)21(31)14-24(19)41-2/h5-6,13-14,23,25,32H,4,7-12,15-16,31H2,1-3H3,(H,33,37)(H,34,38)(H,39,40)/t23-,25+/m1/s1. The Morgan fingerprint density at radius 1 is 1.14 bits per heavy atom. The van der Waals surface area contributed by atoms with Gasteiger partial charge in [-0.05, 0) is 36.6 Å². The summed E-state index contributed by atoms with van der Waals surface area (Å²) in [4.78, 5) is 42.3. The van der Waals surface area contributed by atoms with E-state index in [2.05, 4.69) is 20.9 Å². The van der Waals surface area contributed by atoms with Gasteiger partial charge in [0, 0.05) is 58.1 Å². The van der Waals surface area contributed by atoms with Crippen LogP contribution >= 0.6 is 11.6 Å². The quantitative estimate of drug-likeness (QED) is 0.255. The van der Waals surface area contributed by atoms with Crippen molar-refractivity contribution in [1.29, 1.82) is 0 Å². The number of carbonyl (C=O) groups excluding carboxylic acids is 2. The third-order valence-corrected chi connectivity index (χ3v) is 8.09. The van der Waals surface area contributed by atoms with Crippen LogP contribution in [-0.4, -0.2) is 100.0 Å². The van der Waals surface area contributed by atoms with Crippen molar-refractivity contribution in [2.45, 2.75) is 31.9 Å². The van der Waals surface area contributed by atoms with Gasteiger partial charge in [0.1, 0.15) is 5.75 Å². The fourth-order valence-electron chi connectivity index (χ4n) is 5.62. The van der Waals surface area contributed by atoms with Crippen LogP contribution in [0, 0.1) is 0 Å². The lowest BCUT2D eigenvalue weighted by Gasteiger charge is -2.37. The summed E-state index contributed by atoms with van der Waals surface area (Å²) in [5, 5.41) is 19.4. The molecule has 12 nitrogen and oxygen atoms in total. The van der Waals surface area contributed by atoms with E-state index in [1.54, 1.807) is 19.2 Å². The fourth-order valence-corrected chi connectivity index (χ4v) is 5.78. The molecular formula is C29H39ClN6O6. The minimum absolute atomic E-state index is 0.120. The van der Waals surface area contributed by atoms with Gasteiger partial charge in [0.05, 0.1) is 53.3 Å². The number of nitrogens with one attached hydrogen (secondary N) is 3. The predicted octanol–water partition coefficient (Wildman–Crippen LogP) is 2.06. The zero-order chi connectivity index (χ0) is 30.4. The molecule has 2 aromatic rings. The highest BCUT2D eigenvalue weighted by Gasteiger charge is 2.32. The number of carboxylic acids is 1. The number of carbonyl (C=O) groups is 3. The minimum atomic E-state index is -0.991. The number of piperidine rings is 1. The first-order valence-corrected chi connectivity index (χ1v) is 14.4. The van der Waals surface area contributed by atoms with Crippen molar-refractivity contribution in [3.63, 3.8) is 0 Å². The van der Waals surface area contributed by atoms with Crippen LogP contribution in [0.15, 0.2) is 24.3 Å². The Kier molecular flexibility index (Phi) is 10.5. The molecule has 6 N–H and O–H groups in total. The summed E-state index contributed by atoms with van der Waals surface area (Å²) in [6.45, 7) is 5.96. The zero-order valence-corrected chi connectivity index (χ0v) is 24.9. The molecule has 2 aromatic carbocycles. The largest absolute Gasteiger partial charge is 0.496 e. The summed E-state index contributed by atoms with van der Waals surface area (Å²) in [5.41, 5.74) is 8.75. The Morgan fingerprint density at radius 2 is 1.88 bits per heavy atom. The minimum Gasteiger partial charge on any atom is -0.496 e. The number of methoxy groups -OCH3 is 2. The van der Waals surface area contributed by atoms with Crippen LogP contribution < -0.4 is 31.3 Å². The van der Waals surface area contributed by atoms with Crippen LogP contribution in [0.2, 0.25) is 5.02 Å². The monoisotopic (exact) mass is 602 g/mol. The molecule has 0 saturated carbocycles. The number of hydrogen-bond donors (Lipinski definition) is 5. The van der Waals surface area contributed by atoms with E-state index in [4.69, 9.17) is 26.8 Å². The number of carboxylic acid groups (broad SMARTS) is 1. The molecule has 228 valence electrons. The number of aromatic carboxylic acids is 1. The summed E-state index contributed by atoms with van der Waals surface area (Å²) in [6.07, 6.45) is 0.770. The second kappa shape index (κ2) is 14.1. The van der Waals surface area contributed by atoms with E-state index in [-0.39, 0.29) is 46.7 Å². The molecule has 0 aliphatic carbocycles. The van der Waals surface area contributed by atoms with Crippen LogP contribution in [0.5, 0.6) is 5.75 Å². The molecule has 2 atom stereocenters. The number of benzene rings is 2. The Bertz CT molecular complexity index is 1320. The molecule has 2 fully saturated rings. The van der Waals surface area contributed by atoms with Crippen LogP contribution in [0.3, 0.4) is 0 Å². The summed E-state index contributed by atoms with van der Waals surface area (Å²) in [7, 11) is 3.03. The van der Waals surface area contributed by atoms with Gasteiger partial charge in [0.15, 0.2) is 0 Å². The van der Waals surface area contributed by atoms with Gasteiger partial charge in [-0.25, -0.2) is 4.79 Å². The van der Waals surface area contributed by atoms with E-state index in [0.717, 1.165) is 18.7 Å². The molecule has 0 spiro atoms. The van der Waals surface area contributed by atoms with Crippen molar-refractivity contribution < 1.29 is 29.0 Å². The van der Waals surface area contributed by atoms with E-state index in [1.165, 1.54) is 19.2 Å². The van der Waals surface area contributed by atoms with Gasteiger partial charge < -0.3 is 41.2 Å². The predicted molar refractivity (Wildman–Crippen MR) is 162 cm³/mol. The summed E-state index contributed by atoms with van der Waals surface area (Å²) >= 11 is 6.14. The highest BCUT2D eigenvalue weighted by atomic mass is 35.5. The van der Waals surface area contributed by atoms with Crippen molar-refractivity contribution in [2.24, 2.45) is 0 Å². The van der Waals surface area contributed by atoms with Gasteiger partial charge in [0.25, 0.3) is 5.91 Å². The fraction of sp³-hybridized carbons (Fsp3) is 0.483. The molecule has 2 amide bonds. The Balaban J connectivity index is 1.42. The number of nitrogens with two attached hydrogens (primary N) is 1. The maximum atomic E-state index is 13.2. The van der Waals surface area contributed by atoms with Gasteiger partial charge in [-0.2, -0.15) is 0 Å². The van der Waals surface area contributed by atoms with E-state index in [9.17, 15) is 19.5 Å². The van der Waals surface area contributed by atoms with Gasteiger partial charge in [-0.3, -0.25) is 14.5 Å². The Hall–Kier alpha value is -3.58. The number of rotatable bonds is 10. The average Bonchev–Trinajstić information content (AvgIpc) is 2.98. The normalized spacial score (nSPS) is 19.3. The Labute approximate surface area is 250 Å². The topological polar surface area (TPSA) is 158 Å². The average molecular weight is 603 g/mol. The number of amides is 2. The molecule has 2 saturated heterocycles. The van der Waals surface area contributed by atoms with Crippen molar-refractivity contribution in [1.82, 2.24) is 15.5 Å². The summed E-state index contributed by atoms with van der Waals surface area (Å²) < 4.78 is 11.0. The molecule has 42 heavy (non-hydrogen) atoms. The SMILES string of the molecule is CCc1c(NC(=O)CN2CC[C@@H](NC(=O)c3cc(Cl)c(N)cc3OC)[C@@H](OC)C2)ccc(C(=O)O)c1N1CCNCC1. The third kappa shape index (κ3) is 7.06. The first-order valence-electron chi connectivity index (χ1n) is 14.0. The number of nitrogens with zero attached hydrogens (tertiary/aromatic N) is 2. The third-order valence-electron chi connectivity index (χ3n) is 7.77. The second-order valence-electron chi connectivity index (χ2n) is 10.4. The maximum absolute atomic E-state index is 13.2. The van der Waals surface area contributed by atoms with E-state index >= 15 is 0 Å². The molecular weight excluding hydrogens is 564 g/mol. The van der Waals surface area contributed by atoms with Crippen LogP contribution in [0.4, 0.5) is 17.1 Å². The van der Waals surface area contributed by atoms with Crippen molar-refractivity contribution >= 4 is 46.4 Å². The van der Waals surface area contributed by atoms with E-state index in [1.807, 2.05) is 11.8 Å². The number of ether oxygens (including phenoxy) is 2. The van der Waals surface area contributed by atoms with E-state index < -0.39 is 5.97 Å². The molecule has 0 bridgehead atoms. The number of nitrogen functional groups attached to an aromatic ring is 1. The molecule has 2 heterocycles. The van der Waals surface area contributed by atoms with Crippen LogP contribution in [0.25, 0.3) is 0 Å². The molecule has 13 heteroatoms. The van der Waals surface area contributed by atoms with E-state index in [0.29, 0.717) is 61.8 Å². The molecule has 2 aliphatic heterocycles. The highest BCUT2D eigenvalue weighted by Crippen LogP contribution is 2.33. The van der Waals surface area contributed by atoms with Gasteiger partial charge >= 0.3 is 5.97 Å². The molecule has 0 aromatic heterocycles. The van der Waals surface area contributed by atoms with Crippen molar-refractivity contribution in [2.75, 3.05) is 76.0 Å². The zero-order valence-electron chi connectivity index (χ0n) is 24.2. The summed E-state index contributed by atoms with van der Waals surface area (Å²) in [6, 6.07) is 5.93. The lowest BCUT2D eigenvalue weighted by Crippen LogP contribution is -2.55. The van der Waals surface area contributed by atoms with Crippen molar-refractivity contribution in [3.8, 4) is 5.75 Å². The molecule has 2 aliphatic rings.